The third kappa shape index (κ3) is 3.35. The van der Waals surface area contributed by atoms with Gasteiger partial charge in [0.2, 0.25) is 5.91 Å². The van der Waals surface area contributed by atoms with E-state index in [9.17, 15) is 4.79 Å². The third-order valence-corrected chi connectivity index (χ3v) is 4.15. The average Bonchev–Trinajstić information content (AvgIpc) is 3.15. The summed E-state index contributed by atoms with van der Waals surface area (Å²) in [5.74, 6) is 1.82. The van der Waals surface area contributed by atoms with Crippen LogP contribution in [0.1, 0.15) is 11.4 Å². The molecule has 7 nitrogen and oxygen atoms in total. The van der Waals surface area contributed by atoms with E-state index in [2.05, 4.69) is 25.5 Å². The van der Waals surface area contributed by atoms with Crippen LogP contribution in [0.3, 0.4) is 0 Å². The van der Waals surface area contributed by atoms with E-state index in [0.717, 1.165) is 16.9 Å². The summed E-state index contributed by atoms with van der Waals surface area (Å²) in [6, 6.07) is 11.5. The van der Waals surface area contributed by atoms with Crippen LogP contribution in [0.4, 0.5) is 0 Å². The van der Waals surface area contributed by atoms with Crippen LogP contribution < -0.4 is 10.1 Å². The van der Waals surface area contributed by atoms with E-state index in [1.165, 1.54) is 0 Å². The minimum absolute atomic E-state index is 0.0450. The zero-order chi connectivity index (χ0) is 17.1. The molecule has 0 bridgehead atoms. The van der Waals surface area contributed by atoms with Crippen molar-refractivity contribution in [1.82, 2.24) is 25.5 Å². The fourth-order valence-corrected chi connectivity index (χ4v) is 2.82. The van der Waals surface area contributed by atoms with Crippen LogP contribution in [-0.4, -0.2) is 32.7 Å². The normalized spacial score (nSPS) is 15.9. The number of H-pyrrole nitrogens is 1. The van der Waals surface area contributed by atoms with Gasteiger partial charge in [-0.3, -0.25) is 14.9 Å². The van der Waals surface area contributed by atoms with Crippen molar-refractivity contribution < 1.29 is 9.53 Å². The number of fused-ring (bicyclic) bond motifs is 1. The molecule has 2 N–H and O–H groups in total. The monoisotopic (exact) mass is 335 g/mol. The van der Waals surface area contributed by atoms with E-state index in [1.54, 1.807) is 12.4 Å². The van der Waals surface area contributed by atoms with E-state index in [-0.39, 0.29) is 11.8 Å². The zero-order valence-electron chi connectivity index (χ0n) is 13.5. The molecule has 0 spiro atoms. The molecular weight excluding hydrogens is 318 g/mol. The summed E-state index contributed by atoms with van der Waals surface area (Å²) >= 11 is 0. The molecule has 25 heavy (non-hydrogen) atoms. The second kappa shape index (κ2) is 6.72. The van der Waals surface area contributed by atoms with Gasteiger partial charge in [-0.05, 0) is 30.2 Å². The molecule has 1 atom stereocenters. The molecule has 7 heteroatoms. The number of benzene rings is 1. The topological polar surface area (TPSA) is 92.8 Å². The molecule has 3 aromatic rings. The quantitative estimate of drug-likeness (QED) is 0.757. The van der Waals surface area contributed by atoms with Crippen LogP contribution >= 0.6 is 0 Å². The summed E-state index contributed by atoms with van der Waals surface area (Å²) in [6.07, 6.45) is 4.06. The Kier molecular flexibility index (Phi) is 4.12. The van der Waals surface area contributed by atoms with E-state index >= 15 is 0 Å². The molecule has 1 aliphatic heterocycles. The van der Waals surface area contributed by atoms with Crippen molar-refractivity contribution in [2.45, 2.75) is 13.0 Å². The van der Waals surface area contributed by atoms with Gasteiger partial charge in [-0.25, -0.2) is 4.98 Å². The average molecular weight is 335 g/mol. The largest absolute Gasteiger partial charge is 0.492 e. The fourth-order valence-electron chi connectivity index (χ4n) is 2.82. The Morgan fingerprint density at radius 2 is 2.08 bits per heavy atom. The number of aromatic amines is 1. The molecule has 1 aromatic carbocycles. The van der Waals surface area contributed by atoms with Crippen molar-refractivity contribution in [1.29, 1.82) is 0 Å². The maximum atomic E-state index is 12.4. The van der Waals surface area contributed by atoms with Crippen molar-refractivity contribution in [3.05, 3.63) is 60.2 Å². The summed E-state index contributed by atoms with van der Waals surface area (Å²) in [7, 11) is 0. The molecule has 126 valence electrons. The maximum absolute atomic E-state index is 12.4. The highest BCUT2D eigenvalue weighted by molar-refractivity contribution is 5.79. The number of hydrogen-bond donors (Lipinski definition) is 2. The second-order valence-electron chi connectivity index (χ2n) is 5.88. The van der Waals surface area contributed by atoms with Crippen LogP contribution in [0, 0.1) is 5.92 Å². The first-order chi connectivity index (χ1) is 12.3. The number of ether oxygens (including phenoxy) is 1. The number of hydrogen-bond acceptors (Lipinski definition) is 5. The van der Waals surface area contributed by atoms with E-state index in [0.29, 0.717) is 31.2 Å². The second-order valence-corrected chi connectivity index (χ2v) is 5.88. The highest BCUT2D eigenvalue weighted by Crippen LogP contribution is 2.26. The van der Waals surface area contributed by atoms with Crippen LogP contribution in [-0.2, 0) is 17.8 Å². The van der Waals surface area contributed by atoms with Gasteiger partial charge in [-0.2, -0.15) is 5.10 Å². The van der Waals surface area contributed by atoms with Gasteiger partial charge in [0.05, 0.1) is 12.5 Å². The van der Waals surface area contributed by atoms with Gasteiger partial charge >= 0.3 is 0 Å². The SMILES string of the molecule is O=C(NCc1nc(-c2ccncc2)n[nH]1)[C@H]1COc2ccccc2C1. The Bertz CT molecular complexity index is 878. The lowest BCUT2D eigenvalue weighted by Gasteiger charge is -2.24. The standard InChI is InChI=1S/C18H17N5O2/c24-18(14-9-13-3-1-2-4-15(13)25-11-14)20-10-16-21-17(23-22-16)12-5-7-19-8-6-12/h1-8,14H,9-11H2,(H,20,24)(H,21,22,23)/t14-/m1/s1. The zero-order valence-corrected chi connectivity index (χ0v) is 13.5. The summed E-state index contributed by atoms with van der Waals surface area (Å²) in [4.78, 5) is 20.8. The van der Waals surface area contributed by atoms with Crippen LogP contribution in [0.5, 0.6) is 5.75 Å². The van der Waals surface area contributed by atoms with Gasteiger partial charge in [0, 0.05) is 18.0 Å². The number of carbonyl (C=O) groups excluding carboxylic acids is 1. The minimum Gasteiger partial charge on any atom is -0.492 e. The van der Waals surface area contributed by atoms with Crippen molar-refractivity contribution in [3.8, 4) is 17.1 Å². The molecule has 0 radical (unpaired) electrons. The van der Waals surface area contributed by atoms with E-state index in [4.69, 9.17) is 4.74 Å². The molecule has 3 heterocycles. The van der Waals surface area contributed by atoms with Crippen LogP contribution in [0.15, 0.2) is 48.8 Å². The number of nitrogens with zero attached hydrogens (tertiary/aromatic N) is 3. The first-order valence-corrected chi connectivity index (χ1v) is 8.09. The summed E-state index contributed by atoms with van der Waals surface area (Å²) in [6.45, 7) is 0.691. The van der Waals surface area contributed by atoms with E-state index in [1.807, 2.05) is 36.4 Å². The van der Waals surface area contributed by atoms with Gasteiger partial charge in [-0.15, -0.1) is 0 Å². The molecule has 0 aliphatic carbocycles. The Labute approximate surface area is 144 Å². The van der Waals surface area contributed by atoms with Gasteiger partial charge in [0.15, 0.2) is 5.82 Å². The highest BCUT2D eigenvalue weighted by Gasteiger charge is 2.25. The van der Waals surface area contributed by atoms with E-state index < -0.39 is 0 Å². The van der Waals surface area contributed by atoms with Crippen molar-refractivity contribution in [2.75, 3.05) is 6.61 Å². The number of para-hydroxylation sites is 1. The number of rotatable bonds is 4. The molecule has 0 fully saturated rings. The first-order valence-electron chi connectivity index (χ1n) is 8.09. The maximum Gasteiger partial charge on any atom is 0.227 e. The first kappa shape index (κ1) is 15.3. The molecule has 0 unspecified atom stereocenters. The van der Waals surface area contributed by atoms with Crippen LogP contribution in [0.2, 0.25) is 0 Å². The molecule has 0 saturated carbocycles. The lowest BCUT2D eigenvalue weighted by atomic mass is 9.96. The fraction of sp³-hybridized carbons (Fsp3) is 0.222. The molecule has 1 aliphatic rings. The Morgan fingerprint density at radius 1 is 1.24 bits per heavy atom. The van der Waals surface area contributed by atoms with Crippen molar-refractivity contribution >= 4 is 5.91 Å². The number of pyridine rings is 1. The predicted octanol–water partition coefficient (Wildman–Crippen LogP) is 1.73. The molecule has 4 rings (SSSR count). The lowest BCUT2D eigenvalue weighted by Crippen LogP contribution is -2.37. The number of amides is 1. The smallest absolute Gasteiger partial charge is 0.227 e. The van der Waals surface area contributed by atoms with Gasteiger partial charge in [0.25, 0.3) is 0 Å². The van der Waals surface area contributed by atoms with Gasteiger partial charge < -0.3 is 10.1 Å². The molecular formula is C18H17N5O2. The Morgan fingerprint density at radius 3 is 2.96 bits per heavy atom. The summed E-state index contributed by atoms with van der Waals surface area (Å²) in [5, 5.41) is 9.92. The van der Waals surface area contributed by atoms with Crippen LogP contribution in [0.25, 0.3) is 11.4 Å². The highest BCUT2D eigenvalue weighted by atomic mass is 16.5. The summed E-state index contributed by atoms with van der Waals surface area (Å²) in [5.41, 5.74) is 1.94. The molecule has 2 aromatic heterocycles. The third-order valence-electron chi connectivity index (χ3n) is 4.15. The molecule has 0 saturated heterocycles. The Hall–Kier alpha value is -3.22. The number of carbonyl (C=O) groups is 1. The number of nitrogens with one attached hydrogen (secondary N) is 2. The van der Waals surface area contributed by atoms with Gasteiger partial charge in [-0.1, -0.05) is 18.2 Å². The van der Waals surface area contributed by atoms with Crippen molar-refractivity contribution in [3.63, 3.8) is 0 Å². The Balaban J connectivity index is 1.36. The van der Waals surface area contributed by atoms with Gasteiger partial charge in [0.1, 0.15) is 18.2 Å². The summed E-state index contributed by atoms with van der Waals surface area (Å²) < 4.78 is 5.67. The number of aromatic nitrogens is 4. The minimum atomic E-state index is -0.197. The predicted molar refractivity (Wildman–Crippen MR) is 90.6 cm³/mol. The lowest BCUT2D eigenvalue weighted by molar-refractivity contribution is -0.126. The van der Waals surface area contributed by atoms with Crippen molar-refractivity contribution in [2.24, 2.45) is 5.92 Å². The molecule has 1 amide bonds.